The van der Waals surface area contributed by atoms with E-state index in [0.29, 0.717) is 0 Å². The van der Waals surface area contributed by atoms with Crippen LogP contribution in [0.25, 0.3) is 0 Å². The van der Waals surface area contributed by atoms with Crippen LogP contribution in [0, 0.1) is 17.8 Å². The molecular formula is C15H26O2. The molecule has 2 unspecified atom stereocenters. The highest BCUT2D eigenvalue weighted by Gasteiger charge is 2.35. The van der Waals surface area contributed by atoms with E-state index < -0.39 is 0 Å². The second-order valence-corrected chi connectivity index (χ2v) is 6.95. The van der Waals surface area contributed by atoms with Crippen LogP contribution in [0.3, 0.4) is 0 Å². The van der Waals surface area contributed by atoms with E-state index in [4.69, 9.17) is 4.74 Å². The molecule has 2 atom stereocenters. The van der Waals surface area contributed by atoms with Gasteiger partial charge in [-0.05, 0) is 51.9 Å². The third-order valence-corrected chi connectivity index (χ3v) is 4.12. The van der Waals surface area contributed by atoms with Crippen LogP contribution < -0.4 is 0 Å². The van der Waals surface area contributed by atoms with Gasteiger partial charge in [0.25, 0.3) is 0 Å². The molecule has 2 rings (SSSR count). The number of hydrogen-bond acceptors (Lipinski definition) is 2. The zero-order valence-corrected chi connectivity index (χ0v) is 11.5. The lowest BCUT2D eigenvalue weighted by atomic mass is 9.74. The van der Waals surface area contributed by atoms with Gasteiger partial charge < -0.3 is 4.74 Å². The lowest BCUT2D eigenvalue weighted by molar-refractivity contribution is -0.162. The van der Waals surface area contributed by atoms with Gasteiger partial charge in [-0.2, -0.15) is 0 Å². The van der Waals surface area contributed by atoms with E-state index in [1.54, 1.807) is 0 Å². The summed E-state index contributed by atoms with van der Waals surface area (Å²) in [4.78, 5) is 12.1. The molecule has 0 aromatic heterocycles. The zero-order chi connectivity index (χ0) is 12.5. The number of ether oxygens (including phenoxy) is 1. The monoisotopic (exact) mass is 238 g/mol. The summed E-state index contributed by atoms with van der Waals surface area (Å²) in [6.45, 7) is 5.88. The normalized spacial score (nSPS) is 33.9. The Morgan fingerprint density at radius 2 is 1.53 bits per heavy atom. The van der Waals surface area contributed by atoms with Gasteiger partial charge in [-0.25, -0.2) is 0 Å². The molecule has 0 aromatic rings. The summed E-state index contributed by atoms with van der Waals surface area (Å²) in [5.74, 6) is 1.80. The number of esters is 1. The van der Waals surface area contributed by atoms with Gasteiger partial charge in [0.05, 0.1) is 5.92 Å². The van der Waals surface area contributed by atoms with Crippen LogP contribution in [-0.4, -0.2) is 11.6 Å². The first-order valence-electron chi connectivity index (χ1n) is 7.17. The molecule has 0 amide bonds. The third-order valence-electron chi connectivity index (χ3n) is 4.12. The first kappa shape index (κ1) is 12.9. The fraction of sp³-hybridized carbons (Fsp3) is 0.933. The summed E-state index contributed by atoms with van der Waals surface area (Å²) in [7, 11) is 0. The largest absolute Gasteiger partial charge is 0.460 e. The Balaban J connectivity index is 1.95. The highest BCUT2D eigenvalue weighted by Crippen LogP contribution is 2.41. The summed E-state index contributed by atoms with van der Waals surface area (Å²) in [5.41, 5.74) is -0.334. The predicted molar refractivity (Wildman–Crippen MR) is 68.6 cm³/mol. The van der Waals surface area contributed by atoms with E-state index in [9.17, 15) is 4.79 Å². The van der Waals surface area contributed by atoms with Gasteiger partial charge in [0.2, 0.25) is 0 Å². The maximum absolute atomic E-state index is 12.1. The van der Waals surface area contributed by atoms with E-state index in [-0.39, 0.29) is 17.5 Å². The van der Waals surface area contributed by atoms with Crippen molar-refractivity contribution in [1.82, 2.24) is 0 Å². The Bertz CT molecular complexity index is 263. The van der Waals surface area contributed by atoms with Crippen LogP contribution in [0.15, 0.2) is 0 Å². The molecule has 2 nitrogen and oxygen atoms in total. The minimum atomic E-state index is -0.334. The maximum Gasteiger partial charge on any atom is 0.309 e. The van der Waals surface area contributed by atoms with Crippen molar-refractivity contribution in [3.05, 3.63) is 0 Å². The molecular weight excluding hydrogens is 212 g/mol. The van der Waals surface area contributed by atoms with Crippen LogP contribution in [0.2, 0.25) is 0 Å². The lowest BCUT2D eigenvalue weighted by Crippen LogP contribution is -2.33. The van der Waals surface area contributed by atoms with E-state index >= 15 is 0 Å². The SMILES string of the molecule is CC(C)(C)OC(=O)C1CC2CCCCC(C2)C1. The van der Waals surface area contributed by atoms with Crippen molar-refractivity contribution in [2.45, 2.75) is 71.3 Å². The highest BCUT2D eigenvalue weighted by atomic mass is 16.6. The summed E-state index contributed by atoms with van der Waals surface area (Å²) in [5, 5.41) is 0. The van der Waals surface area contributed by atoms with Crippen LogP contribution in [0.5, 0.6) is 0 Å². The Labute approximate surface area is 105 Å². The van der Waals surface area contributed by atoms with Gasteiger partial charge in [-0.1, -0.05) is 25.7 Å². The smallest absolute Gasteiger partial charge is 0.309 e. The fourth-order valence-electron chi connectivity index (χ4n) is 3.48. The van der Waals surface area contributed by atoms with Crippen molar-refractivity contribution in [3.8, 4) is 0 Å². The quantitative estimate of drug-likeness (QED) is 0.647. The van der Waals surface area contributed by atoms with Gasteiger partial charge >= 0.3 is 5.97 Å². The number of rotatable bonds is 1. The molecule has 2 saturated carbocycles. The van der Waals surface area contributed by atoms with E-state index in [0.717, 1.165) is 24.7 Å². The molecule has 0 aliphatic heterocycles. The topological polar surface area (TPSA) is 26.3 Å². The highest BCUT2D eigenvalue weighted by molar-refractivity contribution is 5.73. The molecule has 0 heterocycles. The van der Waals surface area contributed by atoms with Gasteiger partial charge in [0, 0.05) is 0 Å². The molecule has 2 heteroatoms. The predicted octanol–water partition coefficient (Wildman–Crippen LogP) is 3.93. The van der Waals surface area contributed by atoms with Gasteiger partial charge in [-0.3, -0.25) is 4.79 Å². The lowest BCUT2D eigenvalue weighted by Gasteiger charge is -2.33. The Hall–Kier alpha value is -0.530. The second kappa shape index (κ2) is 4.99. The molecule has 17 heavy (non-hydrogen) atoms. The average Bonchev–Trinajstić information content (AvgIpc) is 2.36. The van der Waals surface area contributed by atoms with Crippen molar-refractivity contribution in [1.29, 1.82) is 0 Å². The molecule has 0 spiro atoms. The molecule has 0 radical (unpaired) electrons. The van der Waals surface area contributed by atoms with Crippen molar-refractivity contribution >= 4 is 5.97 Å². The number of fused-ring (bicyclic) bond motifs is 2. The van der Waals surface area contributed by atoms with Gasteiger partial charge in [0.15, 0.2) is 0 Å². The molecule has 0 saturated heterocycles. The minimum absolute atomic E-state index is 0.0501. The molecule has 98 valence electrons. The molecule has 0 N–H and O–H groups in total. The molecule has 2 fully saturated rings. The third kappa shape index (κ3) is 3.72. The first-order chi connectivity index (χ1) is 7.94. The fourth-order valence-corrected chi connectivity index (χ4v) is 3.48. The Morgan fingerprint density at radius 3 is 2.00 bits per heavy atom. The van der Waals surface area contributed by atoms with Crippen molar-refractivity contribution in [2.24, 2.45) is 17.8 Å². The first-order valence-corrected chi connectivity index (χ1v) is 7.17. The summed E-state index contributed by atoms with van der Waals surface area (Å²) < 4.78 is 5.54. The molecule has 0 aromatic carbocycles. The zero-order valence-electron chi connectivity index (χ0n) is 11.5. The standard InChI is InChI=1S/C15H26O2/c1-15(2,3)17-14(16)13-9-11-6-4-5-7-12(8-11)10-13/h11-13H,4-10H2,1-3H3. The molecule has 2 bridgehead atoms. The van der Waals surface area contributed by atoms with Gasteiger partial charge in [0.1, 0.15) is 5.60 Å². The second-order valence-electron chi connectivity index (χ2n) is 6.95. The average molecular weight is 238 g/mol. The van der Waals surface area contributed by atoms with Crippen molar-refractivity contribution in [2.75, 3.05) is 0 Å². The Kier molecular flexibility index (Phi) is 3.79. The summed E-state index contributed by atoms with van der Waals surface area (Å²) >= 11 is 0. The maximum atomic E-state index is 12.1. The minimum Gasteiger partial charge on any atom is -0.460 e. The summed E-state index contributed by atoms with van der Waals surface area (Å²) in [6, 6.07) is 0. The van der Waals surface area contributed by atoms with Crippen molar-refractivity contribution in [3.63, 3.8) is 0 Å². The summed E-state index contributed by atoms with van der Waals surface area (Å²) in [6.07, 6.45) is 8.89. The van der Waals surface area contributed by atoms with Crippen molar-refractivity contribution < 1.29 is 9.53 Å². The van der Waals surface area contributed by atoms with E-state index in [2.05, 4.69) is 0 Å². The van der Waals surface area contributed by atoms with Gasteiger partial charge in [-0.15, -0.1) is 0 Å². The molecule has 2 aliphatic rings. The number of carbonyl (C=O) groups excluding carboxylic acids is 1. The number of hydrogen-bond donors (Lipinski definition) is 0. The van der Waals surface area contributed by atoms with Crippen LogP contribution >= 0.6 is 0 Å². The van der Waals surface area contributed by atoms with Crippen LogP contribution in [0.1, 0.15) is 65.7 Å². The van der Waals surface area contributed by atoms with Crippen LogP contribution in [0.4, 0.5) is 0 Å². The Morgan fingerprint density at radius 1 is 1.00 bits per heavy atom. The van der Waals surface area contributed by atoms with Crippen LogP contribution in [-0.2, 0) is 9.53 Å². The van der Waals surface area contributed by atoms with E-state index in [1.807, 2.05) is 20.8 Å². The molecule has 2 aliphatic carbocycles. The number of carbonyl (C=O) groups is 1. The van der Waals surface area contributed by atoms with E-state index in [1.165, 1.54) is 32.1 Å².